The Morgan fingerprint density at radius 2 is 2.15 bits per heavy atom. The molecule has 2 heterocycles. The average molecular weight is 364 g/mol. The first-order valence-electron chi connectivity index (χ1n) is 8.80. The van der Waals surface area contributed by atoms with Crippen molar-refractivity contribution in [1.82, 2.24) is 19.7 Å². The number of aromatic nitrogens is 3. The molecule has 0 aliphatic heterocycles. The molecule has 8 nitrogen and oxygen atoms in total. The molecule has 3 aromatic rings. The Bertz CT molecular complexity index is 1020. The van der Waals surface area contributed by atoms with Crippen molar-refractivity contribution in [3.05, 3.63) is 54.0 Å². The van der Waals surface area contributed by atoms with Gasteiger partial charge in [0, 0.05) is 17.5 Å². The van der Waals surface area contributed by atoms with Gasteiger partial charge in [0.25, 0.3) is 5.91 Å². The van der Waals surface area contributed by atoms with Crippen molar-refractivity contribution in [3.63, 3.8) is 0 Å². The molecule has 4 N–H and O–H groups in total. The summed E-state index contributed by atoms with van der Waals surface area (Å²) >= 11 is 0. The monoisotopic (exact) mass is 364 g/mol. The highest BCUT2D eigenvalue weighted by molar-refractivity contribution is 6.05. The maximum atomic E-state index is 13.0. The molecular formula is C19H20N6O2. The molecule has 1 aliphatic rings. The van der Waals surface area contributed by atoms with E-state index in [2.05, 4.69) is 10.1 Å². The normalized spacial score (nSPS) is 13.7. The summed E-state index contributed by atoms with van der Waals surface area (Å²) in [5.74, 6) is -0.567. The van der Waals surface area contributed by atoms with Crippen molar-refractivity contribution in [2.24, 2.45) is 5.73 Å². The zero-order valence-corrected chi connectivity index (χ0v) is 14.7. The van der Waals surface area contributed by atoms with E-state index >= 15 is 0 Å². The van der Waals surface area contributed by atoms with Crippen LogP contribution in [0.1, 0.15) is 34.8 Å². The van der Waals surface area contributed by atoms with Gasteiger partial charge >= 0.3 is 0 Å². The van der Waals surface area contributed by atoms with Gasteiger partial charge in [0.05, 0.1) is 41.8 Å². The number of nitrogens with zero attached hydrogens (tertiary/aromatic N) is 4. The molecule has 4 rings (SSSR count). The maximum Gasteiger partial charge on any atom is 0.264 e. The summed E-state index contributed by atoms with van der Waals surface area (Å²) in [6.07, 6.45) is 5.23. The van der Waals surface area contributed by atoms with Crippen LogP contribution in [-0.4, -0.2) is 49.8 Å². The largest absolute Gasteiger partial charge is 0.395 e. The molecule has 0 radical (unpaired) electrons. The van der Waals surface area contributed by atoms with Crippen LogP contribution in [0.3, 0.4) is 0 Å². The topological polar surface area (TPSA) is 121 Å². The van der Waals surface area contributed by atoms with Gasteiger partial charge in [0.15, 0.2) is 5.96 Å². The number of rotatable bonds is 5. The Balaban J connectivity index is 1.84. The molecule has 27 heavy (non-hydrogen) atoms. The zero-order valence-electron chi connectivity index (χ0n) is 14.7. The van der Waals surface area contributed by atoms with E-state index in [0.717, 1.165) is 40.0 Å². The van der Waals surface area contributed by atoms with E-state index in [-0.39, 0.29) is 19.1 Å². The standard InChI is InChI=1S/C19H20N6O2/c20-19(21)24(9-10-26)18(27)14-11-23-25(17(14)12-6-7-12)16-5-1-4-15-13(16)3-2-8-22-15/h1-5,8,11-12,26H,6-7,9-10H2,(H3,20,21). The third kappa shape index (κ3) is 3.04. The summed E-state index contributed by atoms with van der Waals surface area (Å²) in [7, 11) is 0. The minimum atomic E-state index is -0.414. The molecule has 138 valence electrons. The summed E-state index contributed by atoms with van der Waals surface area (Å²) in [5.41, 5.74) is 8.49. The molecule has 1 saturated carbocycles. The van der Waals surface area contributed by atoms with Crippen LogP contribution in [0.4, 0.5) is 0 Å². The third-order valence-corrected chi connectivity index (χ3v) is 4.71. The van der Waals surface area contributed by atoms with Gasteiger partial charge in [-0.3, -0.25) is 20.1 Å². The van der Waals surface area contributed by atoms with Crippen LogP contribution in [0, 0.1) is 5.41 Å². The van der Waals surface area contributed by atoms with Crippen molar-refractivity contribution in [3.8, 4) is 5.69 Å². The lowest BCUT2D eigenvalue weighted by Gasteiger charge is -2.19. The van der Waals surface area contributed by atoms with Gasteiger partial charge in [-0.1, -0.05) is 6.07 Å². The fourth-order valence-corrected chi connectivity index (χ4v) is 3.31. The molecule has 0 atom stereocenters. The molecule has 0 unspecified atom stereocenters. The van der Waals surface area contributed by atoms with Crippen molar-refractivity contribution in [2.75, 3.05) is 13.2 Å². The van der Waals surface area contributed by atoms with Crippen LogP contribution < -0.4 is 5.73 Å². The number of amides is 1. The Morgan fingerprint density at radius 3 is 2.85 bits per heavy atom. The van der Waals surface area contributed by atoms with Crippen molar-refractivity contribution in [1.29, 1.82) is 5.41 Å². The fourth-order valence-electron chi connectivity index (χ4n) is 3.31. The van der Waals surface area contributed by atoms with Crippen molar-refractivity contribution < 1.29 is 9.90 Å². The number of hydrogen-bond acceptors (Lipinski definition) is 5. The number of fused-ring (bicyclic) bond motifs is 1. The number of carbonyl (C=O) groups is 1. The Kier molecular flexibility index (Phi) is 4.33. The number of benzene rings is 1. The van der Waals surface area contributed by atoms with Crippen LogP contribution in [0.15, 0.2) is 42.7 Å². The lowest BCUT2D eigenvalue weighted by atomic mass is 10.1. The summed E-state index contributed by atoms with van der Waals surface area (Å²) in [6.45, 7) is -0.297. The predicted octanol–water partition coefficient (Wildman–Crippen LogP) is 1.63. The molecule has 8 heteroatoms. The van der Waals surface area contributed by atoms with E-state index in [4.69, 9.17) is 11.1 Å². The van der Waals surface area contributed by atoms with E-state index in [1.54, 1.807) is 10.9 Å². The Morgan fingerprint density at radius 1 is 1.33 bits per heavy atom. The van der Waals surface area contributed by atoms with Crippen LogP contribution in [0.25, 0.3) is 16.6 Å². The number of carbonyl (C=O) groups excluding carboxylic acids is 1. The van der Waals surface area contributed by atoms with Crippen LogP contribution in [0.5, 0.6) is 0 Å². The lowest BCUT2D eigenvalue weighted by Crippen LogP contribution is -2.43. The highest BCUT2D eigenvalue weighted by Crippen LogP contribution is 2.43. The smallest absolute Gasteiger partial charge is 0.264 e. The Labute approximate surface area is 155 Å². The van der Waals surface area contributed by atoms with Gasteiger partial charge in [-0.05, 0) is 37.1 Å². The van der Waals surface area contributed by atoms with E-state index in [9.17, 15) is 9.90 Å². The SMILES string of the molecule is N=C(N)N(CCO)C(=O)c1cnn(-c2cccc3ncccc23)c1C1CC1. The number of aliphatic hydroxyl groups excluding tert-OH is 1. The minimum absolute atomic E-state index is 0.0261. The number of aliphatic hydroxyl groups is 1. The van der Waals surface area contributed by atoms with Crippen molar-refractivity contribution in [2.45, 2.75) is 18.8 Å². The average Bonchev–Trinajstić information content (AvgIpc) is 3.43. The van der Waals surface area contributed by atoms with E-state index in [1.807, 2.05) is 30.3 Å². The predicted molar refractivity (Wildman–Crippen MR) is 101 cm³/mol. The molecule has 0 saturated heterocycles. The molecule has 0 bridgehead atoms. The van der Waals surface area contributed by atoms with Crippen molar-refractivity contribution >= 4 is 22.8 Å². The summed E-state index contributed by atoms with van der Waals surface area (Å²) in [6, 6.07) is 9.65. The summed E-state index contributed by atoms with van der Waals surface area (Å²) in [5, 5.41) is 22.3. The number of nitrogens with two attached hydrogens (primary N) is 1. The maximum absolute atomic E-state index is 13.0. The first-order chi connectivity index (χ1) is 13.1. The van der Waals surface area contributed by atoms with Gasteiger partial charge in [0.1, 0.15) is 0 Å². The number of nitrogens with one attached hydrogen (secondary N) is 1. The first kappa shape index (κ1) is 17.2. The van der Waals surface area contributed by atoms with E-state index in [0.29, 0.717) is 5.56 Å². The summed E-state index contributed by atoms with van der Waals surface area (Å²) in [4.78, 5) is 18.4. The molecule has 1 aromatic carbocycles. The van der Waals surface area contributed by atoms with Gasteiger partial charge in [0.2, 0.25) is 0 Å². The molecule has 1 aliphatic carbocycles. The van der Waals surface area contributed by atoms with Gasteiger partial charge in [-0.15, -0.1) is 0 Å². The lowest BCUT2D eigenvalue weighted by molar-refractivity contribution is 0.0822. The second-order valence-electron chi connectivity index (χ2n) is 6.54. The minimum Gasteiger partial charge on any atom is -0.395 e. The van der Waals surface area contributed by atoms with Gasteiger partial charge < -0.3 is 10.8 Å². The van der Waals surface area contributed by atoms with Crippen LogP contribution in [-0.2, 0) is 0 Å². The highest BCUT2D eigenvalue weighted by atomic mass is 16.3. The molecule has 2 aromatic heterocycles. The molecular weight excluding hydrogens is 344 g/mol. The molecule has 1 fully saturated rings. The van der Waals surface area contributed by atoms with Gasteiger partial charge in [-0.2, -0.15) is 5.10 Å². The first-order valence-corrected chi connectivity index (χ1v) is 8.80. The number of pyridine rings is 1. The Hall–Kier alpha value is -3.26. The highest BCUT2D eigenvalue weighted by Gasteiger charge is 2.35. The zero-order chi connectivity index (χ0) is 19.0. The molecule has 1 amide bonds. The number of hydrogen-bond donors (Lipinski definition) is 3. The second kappa shape index (κ2) is 6.81. The van der Waals surface area contributed by atoms with E-state index < -0.39 is 11.9 Å². The van der Waals surface area contributed by atoms with Crippen LogP contribution in [0.2, 0.25) is 0 Å². The van der Waals surface area contributed by atoms with Crippen LogP contribution >= 0.6 is 0 Å². The third-order valence-electron chi connectivity index (χ3n) is 4.71. The quantitative estimate of drug-likeness (QED) is 0.469. The molecule has 0 spiro atoms. The fraction of sp³-hybridized carbons (Fsp3) is 0.263. The van der Waals surface area contributed by atoms with Gasteiger partial charge in [-0.25, -0.2) is 4.68 Å². The summed E-state index contributed by atoms with van der Waals surface area (Å²) < 4.78 is 1.80. The van der Waals surface area contributed by atoms with E-state index in [1.165, 1.54) is 6.20 Å². The number of guanidine groups is 1. The second-order valence-corrected chi connectivity index (χ2v) is 6.54.